The van der Waals surface area contributed by atoms with E-state index in [0.29, 0.717) is 6.54 Å². The van der Waals surface area contributed by atoms with Gasteiger partial charge in [-0.3, -0.25) is 14.4 Å². The number of alkyl halides is 1. The largest absolute Gasteiger partial charge is 0.354 e. The molecule has 0 fully saturated rings. The fraction of sp³-hybridized carbons (Fsp3) is 0.800. The maximum absolute atomic E-state index is 12.2. The van der Waals surface area contributed by atoms with Crippen LogP contribution in [0.1, 0.15) is 41.5 Å². The zero-order valence-corrected chi connectivity index (χ0v) is 16.4. The van der Waals surface area contributed by atoms with E-state index in [1.54, 1.807) is 6.92 Å². The molecular weight excluding hydrogens is 397 g/mol. The summed E-state index contributed by atoms with van der Waals surface area (Å²) in [5.74, 6) is -0.825. The monoisotopic (exact) mass is 425 g/mol. The first-order valence-electron chi connectivity index (χ1n) is 7.41. The predicted molar refractivity (Wildman–Crippen MR) is 95.7 cm³/mol. The van der Waals surface area contributed by atoms with E-state index in [2.05, 4.69) is 16.0 Å². The molecule has 0 saturated heterocycles. The average Bonchev–Trinajstić information content (AvgIpc) is 2.40. The summed E-state index contributed by atoms with van der Waals surface area (Å²) in [6.45, 7) is 11.9. The number of carbonyl (C=O) groups excluding carboxylic acids is 3. The van der Waals surface area contributed by atoms with Crippen molar-refractivity contribution in [3.63, 3.8) is 0 Å². The summed E-state index contributed by atoms with van der Waals surface area (Å²) in [6.07, 6.45) is 0. The van der Waals surface area contributed by atoms with E-state index in [0.717, 1.165) is 0 Å². The first-order valence-corrected chi connectivity index (χ1v) is 8.94. The first kappa shape index (κ1) is 21.1. The minimum atomic E-state index is -0.646. The van der Waals surface area contributed by atoms with E-state index in [1.165, 1.54) is 0 Å². The van der Waals surface area contributed by atoms with Gasteiger partial charge in [0.1, 0.15) is 12.1 Å². The highest BCUT2D eigenvalue weighted by atomic mass is 127. The van der Waals surface area contributed by atoms with Gasteiger partial charge in [0.15, 0.2) is 0 Å². The fourth-order valence-electron chi connectivity index (χ4n) is 1.62. The summed E-state index contributed by atoms with van der Waals surface area (Å²) in [5.41, 5.74) is -0.0197. The summed E-state index contributed by atoms with van der Waals surface area (Å²) < 4.78 is 0.288. The van der Waals surface area contributed by atoms with Gasteiger partial charge >= 0.3 is 0 Å². The molecule has 0 aromatic heterocycles. The Bertz CT molecular complexity index is 405. The summed E-state index contributed by atoms with van der Waals surface area (Å²) in [4.78, 5) is 35.7. The number of nitrogens with one attached hydrogen (secondary N) is 3. The van der Waals surface area contributed by atoms with E-state index in [9.17, 15) is 14.4 Å². The molecule has 0 aromatic rings. The lowest BCUT2D eigenvalue weighted by molar-refractivity contribution is -0.132. The van der Waals surface area contributed by atoms with Gasteiger partial charge in [0.25, 0.3) is 0 Å². The summed E-state index contributed by atoms with van der Waals surface area (Å²) in [6, 6.07) is -1.28. The molecule has 0 radical (unpaired) electrons. The van der Waals surface area contributed by atoms with Crippen molar-refractivity contribution < 1.29 is 14.4 Å². The zero-order chi connectivity index (χ0) is 17.5. The van der Waals surface area contributed by atoms with Crippen LogP contribution in [-0.4, -0.2) is 40.8 Å². The first-order chi connectivity index (χ1) is 9.97. The van der Waals surface area contributed by atoms with Gasteiger partial charge in [0.2, 0.25) is 17.7 Å². The molecule has 0 aliphatic carbocycles. The number of hydrogen-bond acceptors (Lipinski definition) is 3. The summed E-state index contributed by atoms with van der Waals surface area (Å²) in [5, 5.41) is 8.14. The Kier molecular flexibility index (Phi) is 8.95. The third kappa shape index (κ3) is 8.55. The van der Waals surface area contributed by atoms with Gasteiger partial charge in [-0.1, -0.05) is 57.2 Å². The third-order valence-corrected chi connectivity index (χ3v) is 3.62. The van der Waals surface area contributed by atoms with E-state index in [1.807, 2.05) is 57.2 Å². The summed E-state index contributed by atoms with van der Waals surface area (Å²) in [7, 11) is 0. The van der Waals surface area contributed by atoms with Crippen LogP contribution in [0.4, 0.5) is 0 Å². The van der Waals surface area contributed by atoms with Gasteiger partial charge in [0.05, 0.1) is 4.43 Å². The van der Waals surface area contributed by atoms with Crippen LogP contribution in [0.25, 0.3) is 0 Å². The second-order valence-electron chi connectivity index (χ2n) is 6.93. The van der Waals surface area contributed by atoms with Crippen LogP contribution in [0.2, 0.25) is 0 Å². The lowest BCUT2D eigenvalue weighted by Crippen LogP contribution is -2.55. The van der Waals surface area contributed by atoms with Crippen LogP contribution in [0, 0.1) is 11.3 Å². The Morgan fingerprint density at radius 2 is 1.55 bits per heavy atom. The maximum Gasteiger partial charge on any atom is 0.243 e. The van der Waals surface area contributed by atoms with Crippen molar-refractivity contribution in [3.05, 3.63) is 0 Å². The van der Waals surface area contributed by atoms with Crippen LogP contribution >= 0.6 is 22.6 Å². The Labute approximate surface area is 146 Å². The van der Waals surface area contributed by atoms with E-state index >= 15 is 0 Å². The van der Waals surface area contributed by atoms with E-state index < -0.39 is 12.1 Å². The molecule has 0 aliphatic rings. The Balaban J connectivity index is 4.58. The molecular formula is C15H28IN3O3. The number of amides is 3. The zero-order valence-electron chi connectivity index (χ0n) is 14.2. The average molecular weight is 425 g/mol. The van der Waals surface area contributed by atoms with Crippen molar-refractivity contribution in [2.45, 2.75) is 53.6 Å². The SMILES string of the molecule is CC(C)[C@H](NC(=O)CI)C(=O)N[C@@H](C)C(=O)NCC(C)(C)C. The van der Waals surface area contributed by atoms with Crippen LogP contribution < -0.4 is 16.0 Å². The number of rotatable bonds is 7. The molecule has 0 rings (SSSR count). The Morgan fingerprint density at radius 1 is 1.00 bits per heavy atom. The Morgan fingerprint density at radius 3 is 1.95 bits per heavy atom. The van der Waals surface area contributed by atoms with Crippen LogP contribution in [0.5, 0.6) is 0 Å². The molecule has 0 bridgehead atoms. The number of hydrogen-bond donors (Lipinski definition) is 3. The molecule has 0 heterocycles. The van der Waals surface area contributed by atoms with Crippen LogP contribution in [-0.2, 0) is 14.4 Å². The quantitative estimate of drug-likeness (QED) is 0.424. The second-order valence-corrected chi connectivity index (χ2v) is 7.69. The van der Waals surface area contributed by atoms with Gasteiger partial charge < -0.3 is 16.0 Å². The predicted octanol–water partition coefficient (Wildman–Crippen LogP) is 1.23. The topological polar surface area (TPSA) is 87.3 Å². The number of halogens is 1. The van der Waals surface area contributed by atoms with Crippen molar-refractivity contribution >= 4 is 40.3 Å². The minimum absolute atomic E-state index is 0.0197. The summed E-state index contributed by atoms with van der Waals surface area (Å²) >= 11 is 1.94. The molecule has 0 spiro atoms. The third-order valence-electron chi connectivity index (χ3n) is 2.93. The highest BCUT2D eigenvalue weighted by Gasteiger charge is 2.26. The molecule has 3 N–H and O–H groups in total. The van der Waals surface area contributed by atoms with Gasteiger partial charge in [0, 0.05) is 6.54 Å². The molecule has 0 aliphatic heterocycles. The smallest absolute Gasteiger partial charge is 0.243 e. The molecule has 128 valence electrons. The highest BCUT2D eigenvalue weighted by molar-refractivity contribution is 14.1. The van der Waals surface area contributed by atoms with E-state index in [-0.39, 0.29) is 33.5 Å². The van der Waals surface area contributed by atoms with Crippen LogP contribution in [0.3, 0.4) is 0 Å². The highest BCUT2D eigenvalue weighted by Crippen LogP contribution is 2.10. The molecule has 7 heteroatoms. The lowest BCUT2D eigenvalue weighted by Gasteiger charge is -2.24. The van der Waals surface area contributed by atoms with Gasteiger partial charge in [-0.15, -0.1) is 0 Å². The normalized spacial score (nSPS) is 14.2. The standard InChI is InChI=1S/C15H28IN3O3/c1-9(2)12(19-11(20)7-16)14(22)18-10(3)13(21)17-8-15(4,5)6/h9-10,12H,7-8H2,1-6H3,(H,17,21)(H,18,22)(H,19,20)/t10-,12-/m0/s1. The second kappa shape index (κ2) is 9.32. The van der Waals surface area contributed by atoms with E-state index in [4.69, 9.17) is 0 Å². The fourth-order valence-corrected chi connectivity index (χ4v) is 1.84. The molecule has 2 atom stereocenters. The van der Waals surface area contributed by atoms with Crippen molar-refractivity contribution in [2.75, 3.05) is 11.0 Å². The van der Waals surface area contributed by atoms with Crippen molar-refractivity contribution in [1.82, 2.24) is 16.0 Å². The number of carbonyl (C=O) groups is 3. The van der Waals surface area contributed by atoms with Crippen molar-refractivity contribution in [1.29, 1.82) is 0 Å². The molecule has 0 saturated carbocycles. The molecule has 22 heavy (non-hydrogen) atoms. The molecule has 0 unspecified atom stereocenters. The molecule has 0 aromatic carbocycles. The van der Waals surface area contributed by atoms with Crippen molar-refractivity contribution in [2.24, 2.45) is 11.3 Å². The van der Waals surface area contributed by atoms with Gasteiger partial charge in [-0.05, 0) is 18.3 Å². The Hall–Kier alpha value is -0.860. The molecule has 3 amide bonds. The van der Waals surface area contributed by atoms with Crippen LogP contribution in [0.15, 0.2) is 0 Å². The molecule has 6 nitrogen and oxygen atoms in total. The van der Waals surface area contributed by atoms with Gasteiger partial charge in [-0.25, -0.2) is 0 Å². The lowest BCUT2D eigenvalue weighted by atomic mass is 9.97. The van der Waals surface area contributed by atoms with Gasteiger partial charge in [-0.2, -0.15) is 0 Å². The maximum atomic E-state index is 12.2. The minimum Gasteiger partial charge on any atom is -0.354 e. The van der Waals surface area contributed by atoms with Crippen molar-refractivity contribution in [3.8, 4) is 0 Å².